The van der Waals surface area contributed by atoms with Crippen molar-refractivity contribution in [3.63, 3.8) is 0 Å². The van der Waals surface area contributed by atoms with E-state index in [-0.39, 0.29) is 0 Å². The summed E-state index contributed by atoms with van der Waals surface area (Å²) in [7, 11) is 0. The van der Waals surface area contributed by atoms with Crippen molar-refractivity contribution in [3.05, 3.63) is 76.3 Å². The highest BCUT2D eigenvalue weighted by Gasteiger charge is 2.33. The predicted molar refractivity (Wildman–Crippen MR) is 139 cm³/mol. The smallest absolute Gasteiger partial charge is 0.120 e. The van der Waals surface area contributed by atoms with Gasteiger partial charge in [0.1, 0.15) is 36.1 Å². The first-order valence-corrected chi connectivity index (χ1v) is 12.8. The van der Waals surface area contributed by atoms with Gasteiger partial charge in [0, 0.05) is 43.5 Å². The van der Waals surface area contributed by atoms with E-state index < -0.39 is 5.60 Å². The molecule has 0 atom stereocenters. The van der Waals surface area contributed by atoms with Gasteiger partial charge < -0.3 is 19.1 Å². The Labute approximate surface area is 213 Å². The number of imidazole rings is 1. The van der Waals surface area contributed by atoms with Crippen molar-refractivity contribution in [1.82, 2.24) is 14.5 Å². The van der Waals surface area contributed by atoms with Gasteiger partial charge in [-0.2, -0.15) is 0 Å². The first kappa shape index (κ1) is 25.5. The monoisotopic (exact) mass is 497 g/mol. The van der Waals surface area contributed by atoms with Crippen molar-refractivity contribution >= 4 is 11.6 Å². The zero-order valence-electron chi connectivity index (χ0n) is 21.0. The lowest BCUT2D eigenvalue weighted by atomic mass is 9.92. The number of likely N-dealkylation sites (tertiary alicyclic amines) is 1. The number of ether oxygens (including phenoxy) is 2. The number of benzene rings is 2. The van der Waals surface area contributed by atoms with Crippen molar-refractivity contribution in [3.8, 4) is 11.5 Å². The Bertz CT molecular complexity index is 1100. The Morgan fingerprint density at radius 2 is 1.80 bits per heavy atom. The molecule has 188 valence electrons. The maximum Gasteiger partial charge on any atom is 0.120 e. The number of aryl methyl sites for hydroxylation is 3. The predicted octanol–water partition coefficient (Wildman–Crippen LogP) is 5.20. The van der Waals surface area contributed by atoms with E-state index in [2.05, 4.69) is 33.5 Å². The van der Waals surface area contributed by atoms with Gasteiger partial charge in [-0.3, -0.25) is 4.90 Å². The third-order valence-corrected chi connectivity index (χ3v) is 7.32. The van der Waals surface area contributed by atoms with Crippen LogP contribution in [0, 0.1) is 13.8 Å². The van der Waals surface area contributed by atoms with Crippen LogP contribution in [0.15, 0.2) is 48.8 Å². The molecule has 7 heteroatoms. The molecule has 1 N–H and O–H groups in total. The van der Waals surface area contributed by atoms with E-state index in [0.717, 1.165) is 66.1 Å². The van der Waals surface area contributed by atoms with Crippen molar-refractivity contribution in [2.24, 2.45) is 0 Å². The normalized spacial score (nSPS) is 15.8. The van der Waals surface area contributed by atoms with Gasteiger partial charge in [-0.05, 0) is 67.6 Å². The molecule has 2 aromatic carbocycles. The average molecular weight is 498 g/mol. The van der Waals surface area contributed by atoms with Gasteiger partial charge in [-0.25, -0.2) is 4.98 Å². The molecule has 0 saturated carbocycles. The van der Waals surface area contributed by atoms with Gasteiger partial charge in [0.15, 0.2) is 0 Å². The summed E-state index contributed by atoms with van der Waals surface area (Å²) in [6, 6.07) is 12.2. The van der Waals surface area contributed by atoms with E-state index in [1.165, 1.54) is 5.56 Å². The first-order valence-electron chi connectivity index (χ1n) is 12.4. The molecule has 0 bridgehead atoms. The molecule has 35 heavy (non-hydrogen) atoms. The summed E-state index contributed by atoms with van der Waals surface area (Å²) in [5, 5.41) is 11.8. The Morgan fingerprint density at radius 1 is 1.06 bits per heavy atom. The molecule has 2 heterocycles. The lowest BCUT2D eigenvalue weighted by Gasteiger charge is -2.38. The van der Waals surface area contributed by atoms with E-state index in [1.807, 2.05) is 50.5 Å². The molecule has 1 aliphatic heterocycles. The summed E-state index contributed by atoms with van der Waals surface area (Å²) in [5.74, 6) is 2.73. The summed E-state index contributed by atoms with van der Waals surface area (Å²) in [6.45, 7) is 10.2. The van der Waals surface area contributed by atoms with Gasteiger partial charge in [0.05, 0.1) is 6.54 Å². The van der Waals surface area contributed by atoms with Crippen LogP contribution < -0.4 is 9.47 Å². The van der Waals surface area contributed by atoms with Crippen LogP contribution in [0.1, 0.15) is 42.3 Å². The van der Waals surface area contributed by atoms with Crippen LogP contribution in [0.25, 0.3) is 0 Å². The Kier molecular flexibility index (Phi) is 8.37. The quantitative estimate of drug-likeness (QED) is 0.417. The lowest BCUT2D eigenvalue weighted by molar-refractivity contribution is -0.0537. The van der Waals surface area contributed by atoms with Crippen LogP contribution in [0.2, 0.25) is 5.02 Å². The minimum Gasteiger partial charge on any atom is -0.492 e. The van der Waals surface area contributed by atoms with Crippen molar-refractivity contribution < 1.29 is 14.6 Å². The number of aromatic nitrogens is 2. The average Bonchev–Trinajstić information content (AvgIpc) is 3.31. The summed E-state index contributed by atoms with van der Waals surface area (Å²) in [6.07, 6.45) is 6.11. The molecule has 1 aromatic heterocycles. The van der Waals surface area contributed by atoms with Crippen LogP contribution in [-0.2, 0) is 19.5 Å². The summed E-state index contributed by atoms with van der Waals surface area (Å²) in [4.78, 5) is 6.74. The zero-order chi connectivity index (χ0) is 24.8. The number of hydrogen-bond donors (Lipinski definition) is 1. The molecule has 4 rings (SSSR count). The Hall–Kier alpha value is -2.54. The van der Waals surface area contributed by atoms with Crippen LogP contribution in [0.4, 0.5) is 0 Å². The van der Waals surface area contributed by atoms with Gasteiger partial charge in [0.2, 0.25) is 0 Å². The number of hydrogen-bond acceptors (Lipinski definition) is 5. The van der Waals surface area contributed by atoms with E-state index in [1.54, 1.807) is 0 Å². The van der Waals surface area contributed by atoms with Gasteiger partial charge in [0.25, 0.3) is 0 Å². The summed E-state index contributed by atoms with van der Waals surface area (Å²) >= 11 is 6.25. The number of rotatable bonds is 10. The molecule has 1 fully saturated rings. The number of nitrogens with zero attached hydrogens (tertiary/aromatic N) is 3. The van der Waals surface area contributed by atoms with Gasteiger partial charge in [-0.1, -0.05) is 30.7 Å². The minimum absolute atomic E-state index is 0.293. The van der Waals surface area contributed by atoms with Crippen LogP contribution >= 0.6 is 11.6 Å². The number of piperidine rings is 1. The Balaban J connectivity index is 1.24. The first-order chi connectivity index (χ1) is 16.8. The number of halogens is 1. The van der Waals surface area contributed by atoms with Crippen molar-refractivity contribution in [2.45, 2.75) is 58.7 Å². The lowest BCUT2D eigenvalue weighted by Crippen LogP contribution is -2.47. The van der Waals surface area contributed by atoms with Gasteiger partial charge >= 0.3 is 0 Å². The standard InChI is InChI=1S/C28H36ClN3O3/c1-4-26-30-10-13-32(26)14-15-34-24-7-5-6-23(18-24)19-31-11-8-28(33,9-12-31)20-35-25-16-21(2)27(29)22(3)17-25/h5-7,10,13,16-18,33H,4,8-9,11-12,14-15,19-20H2,1-3H3. The molecule has 0 spiro atoms. The highest BCUT2D eigenvalue weighted by molar-refractivity contribution is 6.32. The maximum absolute atomic E-state index is 11.1. The fourth-order valence-corrected chi connectivity index (χ4v) is 4.70. The fourth-order valence-electron chi connectivity index (χ4n) is 4.59. The molecular weight excluding hydrogens is 462 g/mol. The maximum atomic E-state index is 11.1. The van der Waals surface area contributed by atoms with Crippen LogP contribution in [0.3, 0.4) is 0 Å². The topological polar surface area (TPSA) is 59.8 Å². The second-order valence-electron chi connectivity index (χ2n) is 9.55. The summed E-state index contributed by atoms with van der Waals surface area (Å²) < 4.78 is 14.1. The zero-order valence-corrected chi connectivity index (χ0v) is 21.7. The third kappa shape index (κ3) is 6.78. The van der Waals surface area contributed by atoms with E-state index >= 15 is 0 Å². The molecule has 1 saturated heterocycles. The second-order valence-corrected chi connectivity index (χ2v) is 9.92. The minimum atomic E-state index is -0.812. The largest absolute Gasteiger partial charge is 0.492 e. The number of aliphatic hydroxyl groups is 1. The Morgan fingerprint density at radius 3 is 2.51 bits per heavy atom. The molecular formula is C28H36ClN3O3. The van der Waals surface area contributed by atoms with Gasteiger partial charge in [-0.15, -0.1) is 0 Å². The molecule has 3 aromatic rings. The third-order valence-electron chi connectivity index (χ3n) is 6.73. The highest BCUT2D eigenvalue weighted by Crippen LogP contribution is 2.29. The van der Waals surface area contributed by atoms with Crippen LogP contribution in [0.5, 0.6) is 11.5 Å². The van der Waals surface area contributed by atoms with E-state index in [4.69, 9.17) is 21.1 Å². The fraction of sp³-hybridized carbons (Fsp3) is 0.464. The SMILES string of the molecule is CCc1nccn1CCOc1cccc(CN2CCC(O)(COc3cc(C)c(Cl)c(C)c3)CC2)c1. The summed E-state index contributed by atoms with van der Waals surface area (Å²) in [5.41, 5.74) is 2.38. The van der Waals surface area contributed by atoms with Crippen molar-refractivity contribution in [2.75, 3.05) is 26.3 Å². The van der Waals surface area contributed by atoms with E-state index in [9.17, 15) is 5.11 Å². The molecule has 0 aliphatic carbocycles. The molecule has 0 amide bonds. The molecule has 1 aliphatic rings. The van der Waals surface area contributed by atoms with Crippen LogP contribution in [-0.4, -0.2) is 51.5 Å². The van der Waals surface area contributed by atoms with E-state index in [0.29, 0.717) is 26.1 Å². The van der Waals surface area contributed by atoms with Crippen molar-refractivity contribution in [1.29, 1.82) is 0 Å². The molecule has 0 radical (unpaired) electrons. The second kappa shape index (κ2) is 11.5. The highest BCUT2D eigenvalue weighted by atomic mass is 35.5. The molecule has 0 unspecified atom stereocenters. The molecule has 6 nitrogen and oxygen atoms in total.